The van der Waals surface area contributed by atoms with E-state index >= 15 is 0 Å². The second-order valence-corrected chi connectivity index (χ2v) is 4.09. The van der Waals surface area contributed by atoms with Gasteiger partial charge >= 0.3 is 5.97 Å². The standard InChI is InChI=1S/C11H12Cl2O2/c1-3-7(2)15-11(14)9-6-8(12)4-5-10(9)13/h4-7H,3H2,1-2H3. The van der Waals surface area contributed by atoms with Crippen LogP contribution < -0.4 is 0 Å². The Labute approximate surface area is 99.1 Å². The maximum atomic E-state index is 11.6. The smallest absolute Gasteiger partial charge is 0.339 e. The largest absolute Gasteiger partial charge is 0.459 e. The lowest BCUT2D eigenvalue weighted by Crippen LogP contribution is -2.14. The fourth-order valence-electron chi connectivity index (χ4n) is 0.983. The Hall–Kier alpha value is -0.730. The monoisotopic (exact) mass is 246 g/mol. The minimum atomic E-state index is -0.433. The zero-order valence-electron chi connectivity index (χ0n) is 8.59. The number of halogens is 2. The summed E-state index contributed by atoms with van der Waals surface area (Å²) < 4.78 is 5.14. The summed E-state index contributed by atoms with van der Waals surface area (Å²) in [6.45, 7) is 3.77. The molecule has 0 saturated heterocycles. The average Bonchev–Trinajstić information content (AvgIpc) is 2.21. The normalized spacial score (nSPS) is 12.3. The van der Waals surface area contributed by atoms with Crippen LogP contribution in [0.3, 0.4) is 0 Å². The molecule has 0 aliphatic carbocycles. The van der Waals surface area contributed by atoms with Crippen LogP contribution in [-0.2, 0) is 4.74 Å². The molecule has 0 aliphatic heterocycles. The van der Waals surface area contributed by atoms with Crippen LogP contribution in [0.15, 0.2) is 18.2 Å². The van der Waals surface area contributed by atoms with Crippen molar-refractivity contribution in [1.82, 2.24) is 0 Å². The topological polar surface area (TPSA) is 26.3 Å². The molecule has 0 aromatic heterocycles. The predicted molar refractivity (Wildman–Crippen MR) is 61.6 cm³/mol. The zero-order valence-corrected chi connectivity index (χ0v) is 10.1. The lowest BCUT2D eigenvalue weighted by Gasteiger charge is -2.11. The summed E-state index contributed by atoms with van der Waals surface area (Å²) in [4.78, 5) is 11.6. The van der Waals surface area contributed by atoms with Crippen molar-refractivity contribution in [1.29, 1.82) is 0 Å². The summed E-state index contributed by atoms with van der Waals surface area (Å²) >= 11 is 11.6. The SMILES string of the molecule is CCC(C)OC(=O)c1cc(Cl)ccc1Cl. The Morgan fingerprint density at radius 2 is 2.13 bits per heavy atom. The van der Waals surface area contributed by atoms with E-state index in [1.807, 2.05) is 13.8 Å². The lowest BCUT2D eigenvalue weighted by molar-refractivity contribution is 0.0335. The van der Waals surface area contributed by atoms with Crippen molar-refractivity contribution < 1.29 is 9.53 Å². The highest BCUT2D eigenvalue weighted by Crippen LogP contribution is 2.21. The first kappa shape index (κ1) is 12.3. The third-order valence-corrected chi connectivity index (χ3v) is 2.60. The Kier molecular flexibility index (Phi) is 4.43. The second-order valence-electron chi connectivity index (χ2n) is 3.25. The summed E-state index contributed by atoms with van der Waals surface area (Å²) in [5, 5.41) is 0.822. The first-order chi connectivity index (χ1) is 7.04. The van der Waals surface area contributed by atoms with Crippen LogP contribution in [0, 0.1) is 0 Å². The van der Waals surface area contributed by atoms with Crippen LogP contribution in [0.5, 0.6) is 0 Å². The van der Waals surface area contributed by atoms with Gasteiger partial charge in [0.15, 0.2) is 0 Å². The van der Waals surface area contributed by atoms with Crippen LogP contribution in [0.25, 0.3) is 0 Å². The molecular weight excluding hydrogens is 235 g/mol. The molecule has 0 saturated carbocycles. The predicted octanol–water partition coefficient (Wildman–Crippen LogP) is 3.95. The number of ether oxygens (including phenoxy) is 1. The summed E-state index contributed by atoms with van der Waals surface area (Å²) in [6, 6.07) is 4.72. The first-order valence-corrected chi connectivity index (χ1v) is 5.46. The molecule has 0 heterocycles. The lowest BCUT2D eigenvalue weighted by atomic mass is 10.2. The van der Waals surface area contributed by atoms with Crippen molar-refractivity contribution >= 4 is 29.2 Å². The van der Waals surface area contributed by atoms with Crippen molar-refractivity contribution in [3.8, 4) is 0 Å². The molecule has 2 nitrogen and oxygen atoms in total. The number of carbonyl (C=O) groups is 1. The van der Waals surface area contributed by atoms with E-state index in [0.717, 1.165) is 6.42 Å². The van der Waals surface area contributed by atoms with Gasteiger partial charge in [0.2, 0.25) is 0 Å². The quantitative estimate of drug-likeness (QED) is 0.756. The third kappa shape index (κ3) is 3.40. The van der Waals surface area contributed by atoms with E-state index in [0.29, 0.717) is 15.6 Å². The van der Waals surface area contributed by atoms with Crippen LogP contribution in [0.1, 0.15) is 30.6 Å². The van der Waals surface area contributed by atoms with E-state index in [2.05, 4.69) is 0 Å². The third-order valence-electron chi connectivity index (χ3n) is 2.03. The van der Waals surface area contributed by atoms with Crippen LogP contribution in [0.2, 0.25) is 10.0 Å². The van der Waals surface area contributed by atoms with E-state index in [9.17, 15) is 4.79 Å². The second kappa shape index (κ2) is 5.38. The molecule has 1 unspecified atom stereocenters. The van der Waals surface area contributed by atoms with Crippen molar-refractivity contribution in [2.45, 2.75) is 26.4 Å². The maximum Gasteiger partial charge on any atom is 0.339 e. The molecule has 82 valence electrons. The van der Waals surface area contributed by atoms with Crippen molar-refractivity contribution in [3.05, 3.63) is 33.8 Å². The fourth-order valence-corrected chi connectivity index (χ4v) is 1.35. The number of benzene rings is 1. The molecule has 1 aromatic rings. The van der Waals surface area contributed by atoms with Gasteiger partial charge in [-0.2, -0.15) is 0 Å². The van der Waals surface area contributed by atoms with Gasteiger partial charge in [0, 0.05) is 5.02 Å². The summed E-state index contributed by atoms with van der Waals surface area (Å²) in [5.41, 5.74) is 0.310. The van der Waals surface area contributed by atoms with Gasteiger partial charge in [-0.1, -0.05) is 30.1 Å². The van der Waals surface area contributed by atoms with Gasteiger partial charge in [-0.15, -0.1) is 0 Å². The van der Waals surface area contributed by atoms with Gasteiger partial charge in [0.05, 0.1) is 16.7 Å². The number of esters is 1. The maximum absolute atomic E-state index is 11.6. The molecule has 0 radical (unpaired) electrons. The Balaban J connectivity index is 2.86. The van der Waals surface area contributed by atoms with Crippen molar-refractivity contribution in [2.24, 2.45) is 0 Å². The van der Waals surface area contributed by atoms with Gasteiger partial charge in [0.1, 0.15) is 0 Å². The minimum absolute atomic E-state index is 0.118. The number of carbonyl (C=O) groups excluding carboxylic acids is 1. The summed E-state index contributed by atoms with van der Waals surface area (Å²) in [6.07, 6.45) is 0.650. The molecule has 1 atom stereocenters. The number of hydrogen-bond acceptors (Lipinski definition) is 2. The van der Waals surface area contributed by atoms with Gasteiger partial charge < -0.3 is 4.74 Å². The van der Waals surface area contributed by atoms with E-state index in [-0.39, 0.29) is 6.10 Å². The Bertz CT molecular complexity index is 364. The van der Waals surface area contributed by atoms with E-state index in [1.54, 1.807) is 12.1 Å². The van der Waals surface area contributed by atoms with Gasteiger partial charge in [-0.25, -0.2) is 4.79 Å². The van der Waals surface area contributed by atoms with Gasteiger partial charge in [-0.3, -0.25) is 0 Å². The molecule has 15 heavy (non-hydrogen) atoms. The van der Waals surface area contributed by atoms with Gasteiger partial charge in [-0.05, 0) is 31.5 Å². The molecule has 0 bridgehead atoms. The summed E-state index contributed by atoms with van der Waals surface area (Å²) in [7, 11) is 0. The molecule has 1 rings (SSSR count). The Morgan fingerprint density at radius 3 is 2.73 bits per heavy atom. The zero-order chi connectivity index (χ0) is 11.4. The van der Waals surface area contributed by atoms with Crippen molar-refractivity contribution in [2.75, 3.05) is 0 Å². The van der Waals surface area contributed by atoms with Crippen molar-refractivity contribution in [3.63, 3.8) is 0 Å². The summed E-state index contributed by atoms with van der Waals surface area (Å²) in [5.74, 6) is -0.433. The highest BCUT2D eigenvalue weighted by molar-refractivity contribution is 6.35. The average molecular weight is 247 g/mol. The molecule has 1 aromatic carbocycles. The molecular formula is C11H12Cl2O2. The minimum Gasteiger partial charge on any atom is -0.459 e. The number of rotatable bonds is 3. The number of hydrogen-bond donors (Lipinski definition) is 0. The highest BCUT2D eigenvalue weighted by atomic mass is 35.5. The van der Waals surface area contributed by atoms with E-state index in [4.69, 9.17) is 27.9 Å². The molecule has 0 fully saturated rings. The molecule has 0 aliphatic rings. The molecule has 0 spiro atoms. The van der Waals surface area contributed by atoms with Crippen LogP contribution >= 0.6 is 23.2 Å². The fraction of sp³-hybridized carbons (Fsp3) is 0.364. The van der Waals surface area contributed by atoms with Crippen LogP contribution in [0.4, 0.5) is 0 Å². The van der Waals surface area contributed by atoms with Crippen LogP contribution in [-0.4, -0.2) is 12.1 Å². The first-order valence-electron chi connectivity index (χ1n) is 4.70. The van der Waals surface area contributed by atoms with Gasteiger partial charge in [0.25, 0.3) is 0 Å². The highest BCUT2D eigenvalue weighted by Gasteiger charge is 2.14. The molecule has 0 amide bonds. The molecule has 0 N–H and O–H groups in total. The van der Waals surface area contributed by atoms with E-state index in [1.165, 1.54) is 6.07 Å². The van der Waals surface area contributed by atoms with E-state index < -0.39 is 5.97 Å². The molecule has 4 heteroatoms. The Morgan fingerprint density at radius 1 is 1.47 bits per heavy atom.